The van der Waals surface area contributed by atoms with Crippen LogP contribution in [0.5, 0.6) is 0 Å². The van der Waals surface area contributed by atoms with Crippen molar-refractivity contribution in [1.82, 2.24) is 4.90 Å². The second kappa shape index (κ2) is 7.71. The largest absolute Gasteiger partial charge is 0.494 e. The molecule has 0 amide bonds. The number of anilines is 1. The maximum Gasteiger partial charge on any atom is 0.494 e. The minimum atomic E-state index is -3.40. The summed E-state index contributed by atoms with van der Waals surface area (Å²) in [4.78, 5) is 2.10. The molecule has 0 bridgehead atoms. The molecule has 0 aromatic heterocycles. The third kappa shape index (κ3) is 5.03. The summed E-state index contributed by atoms with van der Waals surface area (Å²) < 4.78 is 44.6. The van der Waals surface area contributed by atoms with E-state index in [1.54, 1.807) is 12.1 Å². The van der Waals surface area contributed by atoms with E-state index in [4.69, 9.17) is 14.0 Å². The zero-order valence-electron chi connectivity index (χ0n) is 16.5. The summed E-state index contributed by atoms with van der Waals surface area (Å²) in [5.74, 6) is 0.0615. The van der Waals surface area contributed by atoms with Gasteiger partial charge in [-0.15, -0.1) is 0 Å². The van der Waals surface area contributed by atoms with Crippen LogP contribution in [0.1, 0.15) is 27.7 Å². The second-order valence-corrected chi connectivity index (χ2v) is 9.93. The van der Waals surface area contributed by atoms with Crippen molar-refractivity contribution in [2.75, 3.05) is 43.3 Å². The highest BCUT2D eigenvalue weighted by molar-refractivity contribution is 7.92. The van der Waals surface area contributed by atoms with Crippen LogP contribution in [-0.2, 0) is 24.1 Å². The van der Waals surface area contributed by atoms with Gasteiger partial charge in [0.2, 0.25) is 10.0 Å². The van der Waals surface area contributed by atoms with Crippen molar-refractivity contribution < 1.29 is 22.5 Å². The Balaban J connectivity index is 1.57. The molecular weight excluding hydrogens is 367 g/mol. The van der Waals surface area contributed by atoms with Gasteiger partial charge in [0.25, 0.3) is 0 Å². The number of nitrogens with one attached hydrogen (secondary N) is 1. The molecule has 3 rings (SSSR count). The van der Waals surface area contributed by atoms with Crippen molar-refractivity contribution in [1.29, 1.82) is 0 Å². The van der Waals surface area contributed by atoms with Crippen LogP contribution >= 0.6 is 0 Å². The molecule has 0 unspecified atom stereocenters. The molecule has 1 aromatic carbocycles. The highest BCUT2D eigenvalue weighted by Crippen LogP contribution is 2.36. The first-order valence-corrected chi connectivity index (χ1v) is 11.0. The van der Waals surface area contributed by atoms with E-state index in [1.165, 1.54) is 0 Å². The molecule has 1 N–H and O–H groups in total. The third-order valence-corrected chi connectivity index (χ3v) is 6.76. The number of ether oxygens (including phenoxy) is 1. The van der Waals surface area contributed by atoms with Crippen LogP contribution in [0.25, 0.3) is 0 Å². The maximum absolute atomic E-state index is 12.3. The molecule has 0 saturated carbocycles. The van der Waals surface area contributed by atoms with Crippen LogP contribution in [-0.4, -0.2) is 70.2 Å². The summed E-state index contributed by atoms with van der Waals surface area (Å²) in [5, 5.41) is 0. The third-order valence-electron chi connectivity index (χ3n) is 5.49. The molecule has 7 nitrogen and oxygen atoms in total. The Bertz CT molecular complexity index is 730. The normalized spacial score (nSPS) is 22.7. The molecule has 2 fully saturated rings. The van der Waals surface area contributed by atoms with Crippen LogP contribution < -0.4 is 10.2 Å². The molecule has 150 valence electrons. The van der Waals surface area contributed by atoms with Crippen molar-refractivity contribution in [2.45, 2.75) is 38.9 Å². The molecule has 2 heterocycles. The summed E-state index contributed by atoms with van der Waals surface area (Å²) >= 11 is 0. The molecule has 0 atom stereocenters. The average Bonchev–Trinajstić information content (AvgIpc) is 2.82. The standard InChI is InChI=1S/C18H29BN2O5S/c1-17(2)18(3,4)26-19(25-17)15-5-7-16(8-6-15)20-27(22,23)14-11-21-9-12-24-13-10-21/h5-8,20H,9-14H2,1-4H3. The SMILES string of the molecule is CC1(C)OB(c2ccc(NS(=O)(=O)CCN3CCOCC3)cc2)OC1(C)C. The van der Waals surface area contributed by atoms with Crippen molar-refractivity contribution >= 4 is 28.3 Å². The Labute approximate surface area is 162 Å². The zero-order valence-corrected chi connectivity index (χ0v) is 17.3. The first-order valence-electron chi connectivity index (χ1n) is 9.34. The van der Waals surface area contributed by atoms with E-state index in [9.17, 15) is 8.42 Å². The number of hydrogen-bond donors (Lipinski definition) is 1. The highest BCUT2D eigenvalue weighted by Gasteiger charge is 2.51. The van der Waals surface area contributed by atoms with Gasteiger partial charge in [-0.1, -0.05) is 12.1 Å². The molecule has 0 aliphatic carbocycles. The van der Waals surface area contributed by atoms with Gasteiger partial charge in [0.05, 0.1) is 30.2 Å². The Hall–Kier alpha value is -1.13. The van der Waals surface area contributed by atoms with Gasteiger partial charge in [-0.3, -0.25) is 9.62 Å². The van der Waals surface area contributed by atoms with Crippen LogP contribution in [0.15, 0.2) is 24.3 Å². The highest BCUT2D eigenvalue weighted by atomic mass is 32.2. The van der Waals surface area contributed by atoms with Crippen LogP contribution in [0.2, 0.25) is 0 Å². The lowest BCUT2D eigenvalue weighted by atomic mass is 9.79. The molecule has 1 aromatic rings. The van der Waals surface area contributed by atoms with E-state index < -0.39 is 28.3 Å². The maximum atomic E-state index is 12.3. The summed E-state index contributed by atoms with van der Waals surface area (Å²) in [6, 6.07) is 7.16. The molecule has 2 aliphatic heterocycles. The molecule has 2 saturated heterocycles. The number of rotatable bonds is 6. The van der Waals surface area contributed by atoms with E-state index in [0.717, 1.165) is 18.6 Å². The lowest BCUT2D eigenvalue weighted by Crippen LogP contribution is -2.41. The molecule has 0 spiro atoms. The molecular formula is C18H29BN2O5S. The lowest BCUT2D eigenvalue weighted by molar-refractivity contribution is 0.00578. The predicted molar refractivity (Wildman–Crippen MR) is 107 cm³/mol. The van der Waals surface area contributed by atoms with Gasteiger partial charge in [-0.2, -0.15) is 0 Å². The number of hydrogen-bond acceptors (Lipinski definition) is 6. The fourth-order valence-corrected chi connectivity index (χ4v) is 4.09. The van der Waals surface area contributed by atoms with E-state index in [0.29, 0.717) is 25.4 Å². The molecule has 0 radical (unpaired) electrons. The Kier molecular flexibility index (Phi) is 5.89. The summed E-state index contributed by atoms with van der Waals surface area (Å²) in [6.07, 6.45) is 0. The smallest absolute Gasteiger partial charge is 0.399 e. The Morgan fingerprint density at radius 2 is 1.59 bits per heavy atom. The minimum Gasteiger partial charge on any atom is -0.399 e. The first kappa shape index (κ1) is 20.6. The molecule has 2 aliphatic rings. The van der Waals surface area contributed by atoms with E-state index in [2.05, 4.69) is 9.62 Å². The second-order valence-electron chi connectivity index (χ2n) is 8.09. The van der Waals surface area contributed by atoms with Crippen LogP contribution in [0.4, 0.5) is 5.69 Å². The Morgan fingerprint density at radius 3 is 2.15 bits per heavy atom. The minimum absolute atomic E-state index is 0.0615. The number of morpholine rings is 1. The van der Waals surface area contributed by atoms with Gasteiger partial charge in [-0.25, -0.2) is 8.42 Å². The first-order chi connectivity index (χ1) is 12.6. The Morgan fingerprint density at radius 1 is 1.04 bits per heavy atom. The topological polar surface area (TPSA) is 77.1 Å². The summed E-state index contributed by atoms with van der Waals surface area (Å²) in [6.45, 7) is 11.4. The number of nitrogens with zero attached hydrogens (tertiary/aromatic N) is 1. The van der Waals surface area contributed by atoms with Crippen LogP contribution in [0, 0.1) is 0 Å². The number of sulfonamides is 1. The lowest BCUT2D eigenvalue weighted by Gasteiger charge is -2.32. The van der Waals surface area contributed by atoms with Gasteiger partial charge in [-0.05, 0) is 45.3 Å². The monoisotopic (exact) mass is 396 g/mol. The van der Waals surface area contributed by atoms with Gasteiger partial charge < -0.3 is 14.0 Å². The van der Waals surface area contributed by atoms with Gasteiger partial charge >= 0.3 is 7.12 Å². The van der Waals surface area contributed by atoms with E-state index in [1.807, 2.05) is 39.8 Å². The van der Waals surface area contributed by atoms with Crippen molar-refractivity contribution in [3.8, 4) is 0 Å². The predicted octanol–water partition coefficient (Wildman–Crippen LogP) is 1.06. The summed E-state index contributed by atoms with van der Waals surface area (Å²) in [7, 11) is -3.85. The van der Waals surface area contributed by atoms with Gasteiger partial charge in [0.15, 0.2) is 0 Å². The van der Waals surface area contributed by atoms with Gasteiger partial charge in [0.1, 0.15) is 0 Å². The molecule has 27 heavy (non-hydrogen) atoms. The van der Waals surface area contributed by atoms with Crippen molar-refractivity contribution in [3.05, 3.63) is 24.3 Å². The quantitative estimate of drug-likeness (QED) is 0.725. The van der Waals surface area contributed by atoms with Crippen LogP contribution in [0.3, 0.4) is 0 Å². The fourth-order valence-electron chi connectivity index (χ4n) is 2.99. The van der Waals surface area contributed by atoms with Crippen molar-refractivity contribution in [3.63, 3.8) is 0 Å². The number of benzene rings is 1. The van der Waals surface area contributed by atoms with E-state index >= 15 is 0 Å². The fraction of sp³-hybridized carbons (Fsp3) is 0.667. The van der Waals surface area contributed by atoms with E-state index in [-0.39, 0.29) is 5.75 Å². The average molecular weight is 396 g/mol. The van der Waals surface area contributed by atoms with Gasteiger partial charge in [0, 0.05) is 25.3 Å². The zero-order chi connectivity index (χ0) is 19.7. The summed E-state index contributed by atoms with van der Waals surface area (Å²) in [5.41, 5.74) is 0.594. The molecule has 9 heteroatoms. The van der Waals surface area contributed by atoms with Crippen molar-refractivity contribution in [2.24, 2.45) is 0 Å².